The molecule has 0 radical (unpaired) electrons. The number of anilines is 2. The molecule has 0 aromatic heterocycles. The lowest BCUT2D eigenvalue weighted by molar-refractivity contribution is -0.120. The van der Waals surface area contributed by atoms with Crippen LogP contribution in [0.25, 0.3) is 0 Å². The van der Waals surface area contributed by atoms with Crippen LogP contribution in [0.3, 0.4) is 0 Å². The summed E-state index contributed by atoms with van der Waals surface area (Å²) in [6, 6.07) is 7.88. The molecule has 1 unspecified atom stereocenters. The number of amides is 1. The second-order valence-corrected chi connectivity index (χ2v) is 4.82. The Balaban J connectivity index is 1.88. The summed E-state index contributed by atoms with van der Waals surface area (Å²) in [7, 11) is 1.76. The van der Waals surface area contributed by atoms with Gasteiger partial charge < -0.3 is 19.7 Å². The Morgan fingerprint density at radius 2 is 2.15 bits per heavy atom. The number of methoxy groups -OCH3 is 1. The summed E-state index contributed by atoms with van der Waals surface area (Å²) in [5.74, 6) is -0.125. The maximum Gasteiger partial charge on any atom is 0.250 e. The summed E-state index contributed by atoms with van der Waals surface area (Å²) in [6.45, 7) is 4.44. The summed E-state index contributed by atoms with van der Waals surface area (Å²) in [4.78, 5) is 13.8. The number of rotatable bonds is 6. The first-order chi connectivity index (χ1) is 9.72. The predicted octanol–water partition coefficient (Wildman–Crippen LogP) is 1.89. The summed E-state index contributed by atoms with van der Waals surface area (Å²) >= 11 is 0. The highest BCUT2D eigenvalue weighted by atomic mass is 16.5. The van der Waals surface area contributed by atoms with Crippen LogP contribution in [-0.2, 0) is 14.3 Å². The predicted molar refractivity (Wildman–Crippen MR) is 79.2 cm³/mol. The molecule has 1 amide bonds. The van der Waals surface area contributed by atoms with Gasteiger partial charge in [0, 0.05) is 38.2 Å². The summed E-state index contributed by atoms with van der Waals surface area (Å²) in [5.41, 5.74) is 1.95. The molecule has 1 aromatic rings. The molecule has 1 aromatic carbocycles. The van der Waals surface area contributed by atoms with Gasteiger partial charge in [-0.2, -0.15) is 0 Å². The second-order valence-electron chi connectivity index (χ2n) is 4.82. The quantitative estimate of drug-likeness (QED) is 0.863. The van der Waals surface area contributed by atoms with E-state index in [0.29, 0.717) is 12.7 Å². The van der Waals surface area contributed by atoms with Gasteiger partial charge in [0.25, 0.3) is 0 Å². The minimum absolute atomic E-state index is 0.0971. The van der Waals surface area contributed by atoms with Crippen LogP contribution in [0.5, 0.6) is 0 Å². The highest BCUT2D eigenvalue weighted by Gasteiger charge is 2.21. The Morgan fingerprint density at radius 3 is 2.75 bits per heavy atom. The number of carbonyl (C=O) groups is 1. The van der Waals surface area contributed by atoms with E-state index >= 15 is 0 Å². The zero-order valence-electron chi connectivity index (χ0n) is 12.1. The van der Waals surface area contributed by atoms with Gasteiger partial charge in [0.05, 0.1) is 6.10 Å². The first kappa shape index (κ1) is 14.8. The maximum atomic E-state index is 11.5. The SMILES string of the molecule is CCOCC(=O)Nc1ccc(N2CCC(OC)C2)cc1. The van der Waals surface area contributed by atoms with Gasteiger partial charge in [-0.15, -0.1) is 0 Å². The Morgan fingerprint density at radius 1 is 1.40 bits per heavy atom. The van der Waals surface area contributed by atoms with Crippen LogP contribution in [0.4, 0.5) is 11.4 Å². The van der Waals surface area contributed by atoms with Crippen LogP contribution in [0.2, 0.25) is 0 Å². The van der Waals surface area contributed by atoms with E-state index in [9.17, 15) is 4.79 Å². The second kappa shape index (κ2) is 7.26. The van der Waals surface area contributed by atoms with Gasteiger partial charge in [0.15, 0.2) is 0 Å². The van der Waals surface area contributed by atoms with E-state index in [4.69, 9.17) is 9.47 Å². The topological polar surface area (TPSA) is 50.8 Å². The van der Waals surface area contributed by atoms with Crippen LogP contribution >= 0.6 is 0 Å². The van der Waals surface area contributed by atoms with E-state index in [1.165, 1.54) is 0 Å². The third-order valence-electron chi connectivity index (χ3n) is 3.43. The molecule has 1 aliphatic rings. The van der Waals surface area contributed by atoms with E-state index in [-0.39, 0.29) is 12.5 Å². The zero-order chi connectivity index (χ0) is 14.4. The fourth-order valence-electron chi connectivity index (χ4n) is 2.30. The number of benzene rings is 1. The zero-order valence-corrected chi connectivity index (χ0v) is 12.1. The standard InChI is InChI=1S/C15H22N2O3/c1-3-20-11-15(18)16-12-4-6-13(7-5-12)17-9-8-14(10-17)19-2/h4-7,14H,3,8-11H2,1-2H3,(H,16,18). The fourth-order valence-corrected chi connectivity index (χ4v) is 2.30. The third kappa shape index (κ3) is 3.95. The molecule has 0 spiro atoms. The van der Waals surface area contributed by atoms with Crippen molar-refractivity contribution in [1.82, 2.24) is 0 Å². The maximum absolute atomic E-state index is 11.5. The van der Waals surface area contributed by atoms with E-state index in [2.05, 4.69) is 10.2 Å². The lowest BCUT2D eigenvalue weighted by atomic mass is 10.2. The summed E-state index contributed by atoms with van der Waals surface area (Å²) < 4.78 is 10.4. The highest BCUT2D eigenvalue weighted by Crippen LogP contribution is 2.23. The molecule has 5 heteroatoms. The first-order valence-electron chi connectivity index (χ1n) is 6.98. The smallest absolute Gasteiger partial charge is 0.250 e. The summed E-state index contributed by atoms with van der Waals surface area (Å²) in [5, 5.41) is 2.81. The molecule has 110 valence electrons. The molecule has 1 N–H and O–H groups in total. The molecule has 1 fully saturated rings. The van der Waals surface area contributed by atoms with Gasteiger partial charge in [0.2, 0.25) is 5.91 Å². The number of nitrogens with zero attached hydrogens (tertiary/aromatic N) is 1. The van der Waals surface area contributed by atoms with Gasteiger partial charge in [-0.25, -0.2) is 0 Å². The molecule has 2 rings (SSSR count). The Labute approximate surface area is 119 Å². The van der Waals surface area contributed by atoms with Gasteiger partial charge in [0.1, 0.15) is 6.61 Å². The van der Waals surface area contributed by atoms with Gasteiger partial charge >= 0.3 is 0 Å². The van der Waals surface area contributed by atoms with Crippen LogP contribution in [0, 0.1) is 0 Å². The lowest BCUT2D eigenvalue weighted by Gasteiger charge is -2.18. The van der Waals surface area contributed by atoms with Crippen LogP contribution in [-0.4, -0.2) is 45.4 Å². The molecule has 0 bridgehead atoms. The van der Waals surface area contributed by atoms with E-state index < -0.39 is 0 Å². The van der Waals surface area contributed by atoms with Crippen molar-refractivity contribution in [2.45, 2.75) is 19.4 Å². The minimum atomic E-state index is -0.125. The lowest BCUT2D eigenvalue weighted by Crippen LogP contribution is -2.22. The Kier molecular flexibility index (Phi) is 5.38. The molecule has 1 saturated heterocycles. The van der Waals surface area contributed by atoms with Crippen molar-refractivity contribution in [3.05, 3.63) is 24.3 Å². The monoisotopic (exact) mass is 278 g/mol. The van der Waals surface area contributed by atoms with Crippen molar-refractivity contribution in [3.8, 4) is 0 Å². The molecular formula is C15H22N2O3. The molecule has 0 aliphatic carbocycles. The van der Waals surface area contributed by atoms with Crippen molar-refractivity contribution in [3.63, 3.8) is 0 Å². The van der Waals surface area contributed by atoms with E-state index in [1.54, 1.807) is 7.11 Å². The van der Waals surface area contributed by atoms with Crippen LogP contribution in [0.1, 0.15) is 13.3 Å². The van der Waals surface area contributed by atoms with Crippen molar-refractivity contribution < 1.29 is 14.3 Å². The Bertz CT molecular complexity index is 433. The molecule has 20 heavy (non-hydrogen) atoms. The normalized spacial score (nSPS) is 18.3. The van der Waals surface area contributed by atoms with Crippen molar-refractivity contribution >= 4 is 17.3 Å². The van der Waals surface area contributed by atoms with Crippen molar-refractivity contribution in [1.29, 1.82) is 0 Å². The largest absolute Gasteiger partial charge is 0.380 e. The van der Waals surface area contributed by atoms with E-state index in [1.807, 2.05) is 31.2 Å². The number of ether oxygens (including phenoxy) is 2. The average Bonchev–Trinajstić information content (AvgIpc) is 2.95. The summed E-state index contributed by atoms with van der Waals surface area (Å²) in [6.07, 6.45) is 1.38. The Hall–Kier alpha value is -1.59. The molecule has 5 nitrogen and oxygen atoms in total. The number of carbonyl (C=O) groups excluding carboxylic acids is 1. The minimum Gasteiger partial charge on any atom is -0.380 e. The number of hydrogen-bond acceptors (Lipinski definition) is 4. The van der Waals surface area contributed by atoms with Crippen molar-refractivity contribution in [2.75, 3.05) is 43.6 Å². The van der Waals surface area contributed by atoms with Crippen LogP contribution < -0.4 is 10.2 Å². The highest BCUT2D eigenvalue weighted by molar-refractivity contribution is 5.91. The van der Waals surface area contributed by atoms with Crippen molar-refractivity contribution in [2.24, 2.45) is 0 Å². The van der Waals surface area contributed by atoms with E-state index in [0.717, 1.165) is 30.9 Å². The average molecular weight is 278 g/mol. The van der Waals surface area contributed by atoms with Gasteiger partial charge in [-0.1, -0.05) is 0 Å². The van der Waals surface area contributed by atoms with Gasteiger partial charge in [-0.05, 0) is 37.6 Å². The molecule has 1 atom stereocenters. The molecule has 0 saturated carbocycles. The van der Waals surface area contributed by atoms with Crippen LogP contribution in [0.15, 0.2) is 24.3 Å². The molecule has 1 aliphatic heterocycles. The number of nitrogens with one attached hydrogen (secondary N) is 1. The molecular weight excluding hydrogens is 256 g/mol. The molecule has 1 heterocycles. The fraction of sp³-hybridized carbons (Fsp3) is 0.533. The van der Waals surface area contributed by atoms with Gasteiger partial charge in [-0.3, -0.25) is 4.79 Å². The first-order valence-corrected chi connectivity index (χ1v) is 6.98. The number of hydrogen-bond donors (Lipinski definition) is 1. The third-order valence-corrected chi connectivity index (χ3v) is 3.43.